The molecule has 0 amide bonds. The number of ether oxygens (including phenoxy) is 1. The third kappa shape index (κ3) is 3.53. The Morgan fingerprint density at radius 3 is 2.42 bits per heavy atom. The standard InChI is InChI=1S/C36H50FNO2/c1-8-22-13-18-36(38)20-19-34(5)26(30(22)36)11-12-29-33(4)16-14-25(32(2,3)28(33)15-17-35(29,34)6)23-9-10-24(27(37)21-23)31(39)40-7/h8-10,14,21-22,26,28-30H,1,11-13,15-20,38H2,2-7H3. The Labute approximate surface area is 241 Å². The largest absolute Gasteiger partial charge is 0.465 e. The Morgan fingerprint density at radius 1 is 1.00 bits per heavy atom. The molecule has 0 saturated heterocycles. The summed E-state index contributed by atoms with van der Waals surface area (Å²) in [6, 6.07) is 5.03. The Balaban J connectivity index is 1.36. The zero-order valence-corrected chi connectivity index (χ0v) is 25.6. The summed E-state index contributed by atoms with van der Waals surface area (Å²) in [5, 5.41) is 0. The zero-order valence-electron chi connectivity index (χ0n) is 25.6. The van der Waals surface area contributed by atoms with E-state index in [9.17, 15) is 4.79 Å². The average molecular weight is 548 g/mol. The van der Waals surface area contributed by atoms with E-state index in [2.05, 4.69) is 53.3 Å². The Hall–Kier alpha value is -1.94. The summed E-state index contributed by atoms with van der Waals surface area (Å²) in [6.45, 7) is 16.9. The van der Waals surface area contributed by atoms with Crippen molar-refractivity contribution in [1.29, 1.82) is 0 Å². The Morgan fingerprint density at radius 2 is 1.75 bits per heavy atom. The van der Waals surface area contributed by atoms with Crippen LogP contribution in [0.25, 0.3) is 5.57 Å². The Kier molecular flexibility index (Phi) is 6.36. The zero-order chi connectivity index (χ0) is 28.9. The molecular formula is C36H50FNO2. The van der Waals surface area contributed by atoms with Crippen LogP contribution in [0.2, 0.25) is 0 Å². The highest BCUT2D eigenvalue weighted by Gasteiger charge is 2.69. The second-order valence-electron chi connectivity index (χ2n) is 15.6. The van der Waals surface area contributed by atoms with Crippen molar-refractivity contribution in [2.45, 2.75) is 97.9 Å². The van der Waals surface area contributed by atoms with Crippen molar-refractivity contribution < 1.29 is 13.9 Å². The van der Waals surface area contributed by atoms with Crippen LogP contribution in [0.4, 0.5) is 4.39 Å². The van der Waals surface area contributed by atoms with Crippen LogP contribution in [0.1, 0.15) is 108 Å². The van der Waals surface area contributed by atoms with Gasteiger partial charge >= 0.3 is 5.97 Å². The molecule has 218 valence electrons. The van der Waals surface area contributed by atoms with Crippen molar-refractivity contribution in [3.63, 3.8) is 0 Å². The van der Waals surface area contributed by atoms with Gasteiger partial charge in [-0.05, 0) is 132 Å². The van der Waals surface area contributed by atoms with Gasteiger partial charge in [-0.1, -0.05) is 52.8 Å². The van der Waals surface area contributed by atoms with Crippen molar-refractivity contribution in [3.05, 3.63) is 53.9 Å². The number of rotatable bonds is 3. The first-order valence-electron chi connectivity index (χ1n) is 15.8. The topological polar surface area (TPSA) is 52.3 Å². The summed E-state index contributed by atoms with van der Waals surface area (Å²) in [7, 11) is 1.29. The summed E-state index contributed by atoms with van der Waals surface area (Å²) in [4.78, 5) is 12.0. The van der Waals surface area contributed by atoms with E-state index in [1.807, 2.05) is 6.07 Å². The van der Waals surface area contributed by atoms with Crippen molar-refractivity contribution in [3.8, 4) is 0 Å². The van der Waals surface area contributed by atoms with Crippen molar-refractivity contribution in [2.75, 3.05) is 7.11 Å². The normalized spacial score (nSPS) is 45.3. The van der Waals surface area contributed by atoms with Crippen LogP contribution in [-0.4, -0.2) is 18.6 Å². The first kappa shape index (κ1) is 28.2. The molecule has 3 nitrogen and oxygen atoms in total. The summed E-state index contributed by atoms with van der Waals surface area (Å²) in [5.41, 5.74) is 9.98. The van der Waals surface area contributed by atoms with Gasteiger partial charge in [0.1, 0.15) is 5.82 Å². The number of fused-ring (bicyclic) bond motifs is 7. The molecule has 4 heteroatoms. The van der Waals surface area contributed by atoms with Gasteiger partial charge in [-0.2, -0.15) is 0 Å². The van der Waals surface area contributed by atoms with Gasteiger partial charge in [0, 0.05) is 5.54 Å². The molecule has 6 rings (SSSR count). The van der Waals surface area contributed by atoms with Gasteiger partial charge in [-0.25, -0.2) is 9.18 Å². The molecule has 0 heterocycles. The molecule has 0 aliphatic heterocycles. The van der Waals surface area contributed by atoms with Crippen LogP contribution >= 0.6 is 0 Å². The minimum absolute atomic E-state index is 0.00123. The molecule has 5 aliphatic rings. The third-order valence-electron chi connectivity index (χ3n) is 14.1. The molecule has 9 unspecified atom stereocenters. The van der Waals surface area contributed by atoms with Gasteiger partial charge in [0.05, 0.1) is 12.7 Å². The van der Waals surface area contributed by atoms with Crippen LogP contribution < -0.4 is 5.73 Å². The lowest BCUT2D eigenvalue weighted by molar-refractivity contribution is -0.217. The van der Waals surface area contributed by atoms with Crippen LogP contribution in [0.5, 0.6) is 0 Å². The van der Waals surface area contributed by atoms with E-state index >= 15 is 4.39 Å². The minimum atomic E-state index is -0.629. The number of halogens is 1. The average Bonchev–Trinajstić information content (AvgIpc) is 3.25. The Bertz CT molecular complexity index is 1270. The lowest BCUT2D eigenvalue weighted by Crippen LogP contribution is -2.67. The fourth-order valence-corrected chi connectivity index (χ4v) is 12.0. The number of allylic oxidation sites excluding steroid dienone is 3. The molecule has 0 bridgehead atoms. The van der Waals surface area contributed by atoms with Crippen LogP contribution in [-0.2, 0) is 4.74 Å². The lowest BCUT2D eigenvalue weighted by Gasteiger charge is -2.72. The maximum Gasteiger partial charge on any atom is 0.340 e. The number of hydrogen-bond donors (Lipinski definition) is 1. The maximum absolute atomic E-state index is 15.0. The summed E-state index contributed by atoms with van der Waals surface area (Å²) in [6.07, 6.45) is 15.4. The van der Waals surface area contributed by atoms with Gasteiger partial charge in [0.25, 0.3) is 0 Å². The highest BCUT2D eigenvalue weighted by molar-refractivity contribution is 5.90. The maximum atomic E-state index is 15.0. The van der Waals surface area contributed by atoms with Crippen molar-refractivity contribution in [2.24, 2.45) is 57.0 Å². The molecule has 0 radical (unpaired) electrons. The molecule has 40 heavy (non-hydrogen) atoms. The number of esters is 1. The SMILES string of the molecule is C=CC1CCC2(N)CCC3(C)C(CCC4C5(C)CC=C(c6ccc(C(=O)OC)c(F)c6)C(C)(C)C5CCC43C)C12. The fourth-order valence-electron chi connectivity index (χ4n) is 12.0. The van der Waals surface area contributed by atoms with E-state index in [-0.39, 0.29) is 27.3 Å². The monoisotopic (exact) mass is 547 g/mol. The molecule has 1 aromatic carbocycles. The molecular weight excluding hydrogens is 497 g/mol. The van der Waals surface area contributed by atoms with E-state index in [0.717, 1.165) is 24.8 Å². The predicted molar refractivity (Wildman–Crippen MR) is 160 cm³/mol. The molecule has 9 atom stereocenters. The predicted octanol–water partition coefficient (Wildman–Crippen LogP) is 8.58. The highest BCUT2D eigenvalue weighted by Crippen LogP contribution is 2.76. The van der Waals surface area contributed by atoms with E-state index in [4.69, 9.17) is 10.5 Å². The highest BCUT2D eigenvalue weighted by atomic mass is 19.1. The second-order valence-corrected chi connectivity index (χ2v) is 15.6. The first-order valence-corrected chi connectivity index (χ1v) is 15.8. The molecule has 1 aromatic rings. The van der Waals surface area contributed by atoms with Crippen LogP contribution in [0.3, 0.4) is 0 Å². The van der Waals surface area contributed by atoms with Crippen molar-refractivity contribution in [1.82, 2.24) is 0 Å². The number of nitrogens with two attached hydrogens (primary N) is 1. The van der Waals surface area contributed by atoms with Gasteiger partial charge in [0.2, 0.25) is 0 Å². The van der Waals surface area contributed by atoms with Gasteiger partial charge in [-0.3, -0.25) is 0 Å². The summed E-state index contributed by atoms with van der Waals surface area (Å²) in [5.74, 6) is 1.86. The number of benzene rings is 1. The molecule has 2 N–H and O–H groups in total. The van der Waals surface area contributed by atoms with Crippen LogP contribution in [0, 0.1) is 57.1 Å². The molecule has 0 aromatic heterocycles. The van der Waals surface area contributed by atoms with Gasteiger partial charge < -0.3 is 10.5 Å². The number of carbonyl (C=O) groups is 1. The number of hydrogen-bond acceptors (Lipinski definition) is 3. The lowest BCUT2D eigenvalue weighted by atomic mass is 9.33. The van der Waals surface area contributed by atoms with E-state index in [0.29, 0.717) is 35.0 Å². The number of carbonyl (C=O) groups excluding carboxylic acids is 1. The van der Waals surface area contributed by atoms with Gasteiger partial charge in [-0.15, -0.1) is 6.58 Å². The van der Waals surface area contributed by atoms with Crippen LogP contribution in [0.15, 0.2) is 36.9 Å². The summed E-state index contributed by atoms with van der Waals surface area (Å²) >= 11 is 0. The second kappa shape index (κ2) is 9.03. The molecule has 4 saturated carbocycles. The van der Waals surface area contributed by atoms with Gasteiger partial charge in [0.15, 0.2) is 0 Å². The minimum Gasteiger partial charge on any atom is -0.465 e. The van der Waals surface area contributed by atoms with E-state index in [1.165, 1.54) is 51.2 Å². The van der Waals surface area contributed by atoms with Crippen molar-refractivity contribution >= 4 is 11.5 Å². The van der Waals surface area contributed by atoms with E-state index in [1.54, 1.807) is 12.1 Å². The smallest absolute Gasteiger partial charge is 0.340 e. The quantitative estimate of drug-likeness (QED) is 0.305. The molecule has 5 aliphatic carbocycles. The molecule has 4 fully saturated rings. The first-order chi connectivity index (χ1) is 18.8. The fraction of sp³-hybridized carbons (Fsp3) is 0.694. The third-order valence-corrected chi connectivity index (χ3v) is 14.1. The van der Waals surface area contributed by atoms with E-state index < -0.39 is 11.8 Å². The summed E-state index contributed by atoms with van der Waals surface area (Å²) < 4.78 is 19.8. The molecule has 0 spiro atoms. The number of methoxy groups -OCH3 is 1.